The summed E-state index contributed by atoms with van der Waals surface area (Å²) in [6, 6.07) is 1.47. The van der Waals surface area contributed by atoms with Crippen LogP contribution >= 0.6 is 0 Å². The smallest absolute Gasteiger partial charge is 0.323 e. The van der Waals surface area contributed by atoms with Gasteiger partial charge < -0.3 is 4.90 Å². The Morgan fingerprint density at radius 1 is 1.30 bits per heavy atom. The molecular formula is C15H19N3O2. The van der Waals surface area contributed by atoms with Gasteiger partial charge in [0.05, 0.1) is 5.69 Å². The molecule has 2 rings (SSSR count). The van der Waals surface area contributed by atoms with Gasteiger partial charge in [-0.1, -0.05) is 18.7 Å². The standard InChI is InChI=1S/C15H19N3O2/c1-11-5-4-8-17(9-6-11)15(20)18-10-7-14(16-18)12(2)13(3)19/h7,10H,1-2,4-6,8-9H2,3H3. The number of allylic oxidation sites excluding steroid dienone is 1. The van der Waals surface area contributed by atoms with Gasteiger partial charge >= 0.3 is 6.03 Å². The van der Waals surface area contributed by atoms with E-state index in [0.29, 0.717) is 24.4 Å². The number of amides is 1. The average Bonchev–Trinajstić information content (AvgIpc) is 2.80. The molecular weight excluding hydrogens is 254 g/mol. The highest BCUT2D eigenvalue weighted by molar-refractivity contribution is 6.18. The maximum atomic E-state index is 12.3. The molecule has 20 heavy (non-hydrogen) atoms. The van der Waals surface area contributed by atoms with Gasteiger partial charge in [-0.2, -0.15) is 9.78 Å². The van der Waals surface area contributed by atoms with E-state index in [1.807, 2.05) is 0 Å². The molecule has 1 aromatic heterocycles. The average molecular weight is 273 g/mol. The Kier molecular flexibility index (Phi) is 4.17. The van der Waals surface area contributed by atoms with Crippen LogP contribution in [0.2, 0.25) is 0 Å². The van der Waals surface area contributed by atoms with E-state index >= 15 is 0 Å². The minimum absolute atomic E-state index is 0.145. The summed E-state index contributed by atoms with van der Waals surface area (Å²) < 4.78 is 1.28. The number of rotatable bonds is 2. The molecule has 0 atom stereocenters. The highest BCUT2D eigenvalue weighted by Crippen LogP contribution is 2.16. The van der Waals surface area contributed by atoms with Crippen LogP contribution in [0.1, 0.15) is 31.9 Å². The van der Waals surface area contributed by atoms with Crippen molar-refractivity contribution in [1.82, 2.24) is 14.7 Å². The van der Waals surface area contributed by atoms with Gasteiger partial charge in [-0.25, -0.2) is 4.79 Å². The van der Waals surface area contributed by atoms with Crippen molar-refractivity contribution >= 4 is 17.4 Å². The summed E-state index contributed by atoms with van der Waals surface area (Å²) in [5, 5.41) is 4.14. The Morgan fingerprint density at radius 2 is 2.05 bits per heavy atom. The molecule has 0 bridgehead atoms. The first-order valence-electron chi connectivity index (χ1n) is 6.71. The molecule has 5 nitrogen and oxygen atoms in total. The van der Waals surface area contributed by atoms with E-state index in [9.17, 15) is 9.59 Å². The van der Waals surface area contributed by atoms with Gasteiger partial charge in [0.25, 0.3) is 0 Å². The lowest BCUT2D eigenvalue weighted by Gasteiger charge is -2.19. The van der Waals surface area contributed by atoms with Crippen molar-refractivity contribution < 1.29 is 9.59 Å². The lowest BCUT2D eigenvalue weighted by molar-refractivity contribution is -0.111. The van der Waals surface area contributed by atoms with Gasteiger partial charge in [0.1, 0.15) is 0 Å². The summed E-state index contributed by atoms with van der Waals surface area (Å²) in [4.78, 5) is 25.4. The molecule has 5 heteroatoms. The van der Waals surface area contributed by atoms with Crippen molar-refractivity contribution in [2.24, 2.45) is 0 Å². The highest BCUT2D eigenvalue weighted by Gasteiger charge is 2.19. The van der Waals surface area contributed by atoms with Crippen LogP contribution < -0.4 is 0 Å². The molecule has 0 unspecified atom stereocenters. The number of Topliss-reactive ketones (excluding diaryl/α,β-unsaturated/α-hetero) is 1. The highest BCUT2D eigenvalue weighted by atomic mass is 16.2. The van der Waals surface area contributed by atoms with E-state index in [-0.39, 0.29) is 11.8 Å². The summed E-state index contributed by atoms with van der Waals surface area (Å²) in [6.45, 7) is 10.5. The van der Waals surface area contributed by atoms with Gasteiger partial charge in [-0.3, -0.25) is 4.79 Å². The second kappa shape index (κ2) is 5.86. The molecule has 1 fully saturated rings. The molecule has 0 aromatic carbocycles. The summed E-state index contributed by atoms with van der Waals surface area (Å²) in [6.07, 6.45) is 4.31. The molecule has 1 aliphatic heterocycles. The third-order valence-electron chi connectivity index (χ3n) is 3.48. The number of likely N-dealkylation sites (tertiary alicyclic amines) is 1. The fourth-order valence-corrected chi connectivity index (χ4v) is 2.16. The molecule has 2 heterocycles. The predicted octanol–water partition coefficient (Wildman–Crippen LogP) is 2.50. The van der Waals surface area contributed by atoms with Crippen molar-refractivity contribution in [3.8, 4) is 0 Å². The molecule has 0 radical (unpaired) electrons. The van der Waals surface area contributed by atoms with E-state index < -0.39 is 0 Å². The van der Waals surface area contributed by atoms with E-state index in [4.69, 9.17) is 0 Å². The van der Waals surface area contributed by atoms with E-state index in [0.717, 1.165) is 19.3 Å². The van der Waals surface area contributed by atoms with Crippen LogP contribution in [-0.4, -0.2) is 39.6 Å². The summed E-state index contributed by atoms with van der Waals surface area (Å²) >= 11 is 0. The predicted molar refractivity (Wildman–Crippen MR) is 77.3 cm³/mol. The molecule has 106 valence electrons. The minimum Gasteiger partial charge on any atom is -0.323 e. The SMILES string of the molecule is C=C1CCCN(C(=O)n2ccc(C(=C)C(C)=O)n2)CC1. The first-order valence-corrected chi connectivity index (χ1v) is 6.71. The zero-order chi connectivity index (χ0) is 14.7. The normalized spacial score (nSPS) is 15.8. The molecule has 1 amide bonds. The lowest BCUT2D eigenvalue weighted by atomic mass is 10.1. The largest absolute Gasteiger partial charge is 0.344 e. The van der Waals surface area contributed by atoms with Crippen molar-refractivity contribution in [1.29, 1.82) is 0 Å². The van der Waals surface area contributed by atoms with Crippen LogP contribution in [0.3, 0.4) is 0 Å². The zero-order valence-corrected chi connectivity index (χ0v) is 11.8. The third kappa shape index (κ3) is 3.04. The molecule has 0 aliphatic carbocycles. The van der Waals surface area contributed by atoms with E-state index in [1.54, 1.807) is 17.2 Å². The van der Waals surface area contributed by atoms with Crippen LogP contribution in [0.5, 0.6) is 0 Å². The fourth-order valence-electron chi connectivity index (χ4n) is 2.16. The maximum Gasteiger partial charge on any atom is 0.344 e. The quantitative estimate of drug-likeness (QED) is 0.614. The van der Waals surface area contributed by atoms with E-state index in [2.05, 4.69) is 18.3 Å². The summed E-state index contributed by atoms with van der Waals surface area (Å²) in [5.41, 5.74) is 1.96. The van der Waals surface area contributed by atoms with Crippen LogP contribution in [0.25, 0.3) is 5.57 Å². The van der Waals surface area contributed by atoms with Crippen LogP contribution in [0.4, 0.5) is 4.79 Å². The number of aromatic nitrogens is 2. The third-order valence-corrected chi connectivity index (χ3v) is 3.48. The molecule has 0 N–H and O–H groups in total. The van der Waals surface area contributed by atoms with Crippen molar-refractivity contribution in [2.75, 3.05) is 13.1 Å². The van der Waals surface area contributed by atoms with Crippen LogP contribution in [0.15, 0.2) is 31.0 Å². The van der Waals surface area contributed by atoms with Gasteiger partial charge in [0.15, 0.2) is 5.78 Å². The number of carbonyl (C=O) groups is 2. The Balaban J connectivity index is 2.11. The van der Waals surface area contributed by atoms with E-state index in [1.165, 1.54) is 17.2 Å². The Labute approximate surface area is 118 Å². The number of carbonyl (C=O) groups excluding carboxylic acids is 2. The van der Waals surface area contributed by atoms with Crippen LogP contribution in [0, 0.1) is 0 Å². The van der Waals surface area contributed by atoms with Crippen LogP contribution in [-0.2, 0) is 4.79 Å². The topological polar surface area (TPSA) is 55.2 Å². The van der Waals surface area contributed by atoms with Gasteiger partial charge in [-0.05, 0) is 32.3 Å². The minimum atomic E-state index is -0.165. The molecule has 1 saturated heterocycles. The van der Waals surface area contributed by atoms with Crippen molar-refractivity contribution in [3.63, 3.8) is 0 Å². The van der Waals surface area contributed by atoms with Gasteiger partial charge in [0, 0.05) is 24.9 Å². The number of nitrogens with zero attached hydrogens (tertiary/aromatic N) is 3. The number of hydrogen-bond acceptors (Lipinski definition) is 3. The van der Waals surface area contributed by atoms with Gasteiger partial charge in [0.2, 0.25) is 0 Å². The number of hydrogen-bond donors (Lipinski definition) is 0. The van der Waals surface area contributed by atoms with Crippen molar-refractivity contribution in [3.05, 3.63) is 36.7 Å². The Morgan fingerprint density at radius 3 is 2.75 bits per heavy atom. The molecule has 0 spiro atoms. The Hall–Kier alpha value is -2.17. The zero-order valence-electron chi connectivity index (χ0n) is 11.8. The number of ketones is 1. The monoisotopic (exact) mass is 273 g/mol. The van der Waals surface area contributed by atoms with Gasteiger partial charge in [-0.15, -0.1) is 0 Å². The molecule has 0 saturated carbocycles. The van der Waals surface area contributed by atoms with Crippen molar-refractivity contribution in [2.45, 2.75) is 26.2 Å². The summed E-state index contributed by atoms with van der Waals surface area (Å²) in [5.74, 6) is -0.145. The maximum absolute atomic E-state index is 12.3. The first kappa shape index (κ1) is 14.2. The molecule has 1 aliphatic rings. The lowest BCUT2D eigenvalue weighted by Crippen LogP contribution is -2.35. The Bertz CT molecular complexity index is 571. The second-order valence-corrected chi connectivity index (χ2v) is 5.05. The first-order chi connectivity index (χ1) is 9.49. The summed E-state index contributed by atoms with van der Waals surface area (Å²) in [7, 11) is 0. The second-order valence-electron chi connectivity index (χ2n) is 5.05. The fraction of sp³-hybridized carbons (Fsp3) is 0.400. The molecule has 1 aromatic rings.